The minimum Gasteiger partial charge on any atom is -0.385 e. The summed E-state index contributed by atoms with van der Waals surface area (Å²) in [7, 11) is 0. The summed E-state index contributed by atoms with van der Waals surface area (Å²) in [4.78, 5) is 6.60. The third-order valence-electron chi connectivity index (χ3n) is 2.09. The monoisotopic (exact) mass is 465 g/mol. The molecule has 2 rings (SSSR count). The number of nitrogens with one attached hydrogen (secondary N) is 1. The third kappa shape index (κ3) is 7.87. The Morgan fingerprint density at radius 2 is 2.00 bits per heavy atom. The Bertz CT molecular complexity index is 313. The van der Waals surface area contributed by atoms with Crippen molar-refractivity contribution in [1.29, 1.82) is 0 Å². The van der Waals surface area contributed by atoms with Crippen molar-refractivity contribution in [2.75, 3.05) is 31.1 Å². The van der Waals surface area contributed by atoms with Crippen molar-refractivity contribution in [1.82, 2.24) is 10.3 Å². The molecule has 1 fully saturated rings. The van der Waals surface area contributed by atoms with Crippen molar-refractivity contribution >= 4 is 61.2 Å². The van der Waals surface area contributed by atoms with Crippen molar-refractivity contribution in [3.05, 3.63) is 24.4 Å². The van der Waals surface area contributed by atoms with Crippen LogP contribution < -0.4 is 16.0 Å². The van der Waals surface area contributed by atoms with Gasteiger partial charge >= 0.3 is 0 Å². The Hall–Kier alpha value is 0.0331. The molecule has 0 spiro atoms. The van der Waals surface area contributed by atoms with Crippen LogP contribution in [0.2, 0.25) is 0 Å². The van der Waals surface area contributed by atoms with E-state index in [1.807, 2.05) is 18.3 Å². The molecule has 0 atom stereocenters. The number of thiocarbonyl (C=S) groups is 1. The first kappa shape index (κ1) is 17.0. The van der Waals surface area contributed by atoms with Crippen molar-refractivity contribution in [3.8, 4) is 0 Å². The Morgan fingerprint density at radius 1 is 1.41 bits per heavy atom. The van der Waals surface area contributed by atoms with E-state index in [0.29, 0.717) is 0 Å². The maximum Gasteiger partial charge on any atom is 0.128 e. The number of aromatic nitrogens is 1. The number of hydrogen-bond acceptors (Lipinski definition) is 4. The fraction of sp³-hybridized carbons (Fsp3) is 0.400. The molecule has 4 nitrogen and oxygen atoms in total. The zero-order valence-electron chi connectivity index (χ0n) is 9.41. The maximum absolute atomic E-state index is 4.71. The van der Waals surface area contributed by atoms with Crippen molar-refractivity contribution < 1.29 is 0 Å². The van der Waals surface area contributed by atoms with Gasteiger partial charge in [0.2, 0.25) is 0 Å². The topological polar surface area (TPSA) is 54.2 Å². The standard InChI is InChI=1S/C9H13N3.CH3NS2.Bi/c1-2-4-11-9(3-1)12-7-5-10-6-8-12;2-1(3)4;/h1-4,10H,5-8H2;(H3,2,3,4);. The summed E-state index contributed by atoms with van der Waals surface area (Å²) in [5, 5.41) is 3.32. The van der Waals surface area contributed by atoms with Gasteiger partial charge in [-0.15, -0.1) is 12.6 Å². The van der Waals surface area contributed by atoms with E-state index in [9.17, 15) is 0 Å². The quantitative estimate of drug-likeness (QED) is 0.316. The van der Waals surface area contributed by atoms with Gasteiger partial charge in [-0.25, -0.2) is 4.98 Å². The Labute approximate surface area is 132 Å². The summed E-state index contributed by atoms with van der Waals surface area (Å²) in [5.41, 5.74) is 4.71. The van der Waals surface area contributed by atoms with Crippen LogP contribution in [-0.2, 0) is 0 Å². The molecule has 2 heterocycles. The first-order valence-electron chi connectivity index (χ1n) is 5.05. The van der Waals surface area contributed by atoms with Gasteiger partial charge in [-0.05, 0) is 12.1 Å². The second-order valence-corrected chi connectivity index (χ2v) is 4.49. The number of anilines is 1. The number of rotatable bonds is 1. The summed E-state index contributed by atoms with van der Waals surface area (Å²) in [6.45, 7) is 4.27. The molecule has 7 heteroatoms. The molecule has 1 aromatic rings. The predicted molar refractivity (Wildman–Crippen MR) is 80.8 cm³/mol. The van der Waals surface area contributed by atoms with E-state index >= 15 is 0 Å². The summed E-state index contributed by atoms with van der Waals surface area (Å²) >= 11 is 7.65. The fourth-order valence-electron chi connectivity index (χ4n) is 1.43. The number of thiol groups is 1. The first-order valence-corrected chi connectivity index (χ1v) is 5.91. The van der Waals surface area contributed by atoms with Gasteiger partial charge in [-0.2, -0.15) is 0 Å². The van der Waals surface area contributed by atoms with E-state index in [1.54, 1.807) is 0 Å². The normalized spacial score (nSPS) is 14.1. The maximum atomic E-state index is 4.71. The number of pyridine rings is 1. The predicted octanol–water partition coefficient (Wildman–Crippen LogP) is 0.270. The van der Waals surface area contributed by atoms with Gasteiger partial charge in [0.15, 0.2) is 0 Å². The molecule has 3 N–H and O–H groups in total. The molecule has 3 radical (unpaired) electrons. The molecular weight excluding hydrogens is 449 g/mol. The SMILES string of the molecule is NC(=S)S.[Bi].c1ccc(N2CCNCC2)nc1. The number of piperazine rings is 1. The summed E-state index contributed by atoms with van der Waals surface area (Å²) in [5.74, 6) is 1.10. The van der Waals surface area contributed by atoms with Crippen LogP contribution in [0, 0.1) is 0 Å². The molecule has 1 aliphatic rings. The van der Waals surface area contributed by atoms with E-state index in [0.717, 1.165) is 32.0 Å². The zero-order valence-corrected chi connectivity index (χ0v) is 14.6. The summed E-state index contributed by atoms with van der Waals surface area (Å²) < 4.78 is 0.194. The molecular formula is C10H16BiN4S2. The van der Waals surface area contributed by atoms with Crippen LogP contribution in [-0.4, -0.2) is 61.7 Å². The second-order valence-electron chi connectivity index (χ2n) is 3.26. The van der Waals surface area contributed by atoms with Gasteiger partial charge in [0.05, 0.1) is 0 Å². The molecule has 1 aromatic heterocycles. The van der Waals surface area contributed by atoms with Gasteiger partial charge in [-0.1, -0.05) is 18.3 Å². The Balaban J connectivity index is 0.000000453. The van der Waals surface area contributed by atoms with Crippen molar-refractivity contribution in [2.45, 2.75) is 0 Å². The first-order chi connectivity index (χ1) is 7.70. The molecule has 1 aliphatic heterocycles. The molecule has 0 saturated carbocycles. The smallest absolute Gasteiger partial charge is 0.128 e. The van der Waals surface area contributed by atoms with Crippen LogP contribution in [0.1, 0.15) is 0 Å². The molecule has 0 unspecified atom stereocenters. The molecule has 93 valence electrons. The third-order valence-corrected chi connectivity index (χ3v) is 2.09. The van der Waals surface area contributed by atoms with Crippen LogP contribution in [0.25, 0.3) is 0 Å². The molecule has 17 heavy (non-hydrogen) atoms. The molecule has 1 saturated heterocycles. The van der Waals surface area contributed by atoms with Crippen molar-refractivity contribution in [2.24, 2.45) is 5.73 Å². The summed E-state index contributed by atoms with van der Waals surface area (Å²) in [6, 6.07) is 6.04. The number of nitrogens with two attached hydrogens (primary N) is 1. The van der Waals surface area contributed by atoms with E-state index in [-0.39, 0.29) is 30.5 Å². The molecule has 0 aromatic carbocycles. The van der Waals surface area contributed by atoms with E-state index in [2.05, 4.69) is 46.1 Å². The van der Waals surface area contributed by atoms with Crippen LogP contribution in [0.3, 0.4) is 0 Å². The second kappa shape index (κ2) is 10.0. The Kier molecular flexibility index (Phi) is 10.0. The van der Waals surface area contributed by atoms with Crippen LogP contribution >= 0.6 is 24.8 Å². The van der Waals surface area contributed by atoms with Crippen LogP contribution in [0.5, 0.6) is 0 Å². The van der Waals surface area contributed by atoms with Gasteiger partial charge in [0.1, 0.15) is 10.1 Å². The fourth-order valence-corrected chi connectivity index (χ4v) is 1.43. The summed E-state index contributed by atoms with van der Waals surface area (Å²) in [6.07, 6.45) is 1.84. The minimum absolute atomic E-state index is 0. The van der Waals surface area contributed by atoms with Gasteiger partial charge < -0.3 is 16.0 Å². The van der Waals surface area contributed by atoms with Gasteiger partial charge in [0, 0.05) is 58.6 Å². The molecule has 0 aliphatic carbocycles. The largest absolute Gasteiger partial charge is 0.385 e. The van der Waals surface area contributed by atoms with Crippen molar-refractivity contribution in [3.63, 3.8) is 0 Å². The van der Waals surface area contributed by atoms with E-state index in [4.69, 9.17) is 5.73 Å². The van der Waals surface area contributed by atoms with E-state index < -0.39 is 0 Å². The van der Waals surface area contributed by atoms with Gasteiger partial charge in [-0.3, -0.25) is 0 Å². The average molecular weight is 465 g/mol. The zero-order chi connectivity index (χ0) is 11.8. The van der Waals surface area contributed by atoms with Crippen LogP contribution in [0.4, 0.5) is 5.82 Å². The van der Waals surface area contributed by atoms with Gasteiger partial charge in [0.25, 0.3) is 0 Å². The number of nitrogens with zero attached hydrogens (tertiary/aromatic N) is 2. The minimum atomic E-state index is 0. The van der Waals surface area contributed by atoms with E-state index in [1.165, 1.54) is 0 Å². The molecule has 0 bridgehead atoms. The molecule has 0 amide bonds. The Morgan fingerprint density at radius 3 is 2.47 bits per heavy atom. The van der Waals surface area contributed by atoms with Crippen LogP contribution in [0.15, 0.2) is 24.4 Å². The number of hydrogen-bond donors (Lipinski definition) is 3. The average Bonchev–Trinajstić information content (AvgIpc) is 2.31.